The molecule has 1 saturated heterocycles. The largest absolute Gasteiger partial charge is 0.573 e. The van der Waals surface area contributed by atoms with E-state index in [0.717, 1.165) is 24.4 Å². The van der Waals surface area contributed by atoms with Gasteiger partial charge in [-0.25, -0.2) is 9.07 Å². The number of carbonyl (C=O) groups is 2. The van der Waals surface area contributed by atoms with E-state index in [0.29, 0.717) is 0 Å². The number of pyridine rings is 1. The zero-order chi connectivity index (χ0) is 23.8. The third-order valence-corrected chi connectivity index (χ3v) is 5.05. The van der Waals surface area contributed by atoms with Gasteiger partial charge in [-0.15, -0.1) is 13.2 Å². The van der Waals surface area contributed by atoms with Crippen LogP contribution in [-0.2, 0) is 4.79 Å². The number of halogens is 5. The second-order valence-electron chi connectivity index (χ2n) is 6.99. The summed E-state index contributed by atoms with van der Waals surface area (Å²) < 4.78 is 57.6. The molecular weight excluding hydrogens is 514 g/mol. The van der Waals surface area contributed by atoms with Gasteiger partial charge in [0.15, 0.2) is 5.69 Å². The van der Waals surface area contributed by atoms with Crippen LogP contribution < -0.4 is 10.1 Å². The Morgan fingerprint density at radius 1 is 1.15 bits per heavy atom. The summed E-state index contributed by atoms with van der Waals surface area (Å²) in [7, 11) is 0. The summed E-state index contributed by atoms with van der Waals surface area (Å²) in [5.41, 5.74) is 0.442. The molecule has 0 radical (unpaired) electrons. The molecule has 1 aliphatic heterocycles. The second-order valence-corrected chi connectivity index (χ2v) is 7.90. The van der Waals surface area contributed by atoms with Crippen LogP contribution in [0.2, 0.25) is 0 Å². The third kappa shape index (κ3) is 5.30. The first-order valence-electron chi connectivity index (χ1n) is 9.43. The highest BCUT2D eigenvalue weighted by Gasteiger charge is 2.32. The highest BCUT2D eigenvalue weighted by Crippen LogP contribution is 2.33. The number of benzene rings is 1. The number of hydrogen-bond acceptors (Lipinski definition) is 5. The van der Waals surface area contributed by atoms with Gasteiger partial charge >= 0.3 is 6.36 Å². The predicted molar refractivity (Wildman–Crippen MR) is 110 cm³/mol. The van der Waals surface area contributed by atoms with Crippen molar-refractivity contribution in [2.45, 2.75) is 6.36 Å². The van der Waals surface area contributed by atoms with E-state index in [1.165, 1.54) is 27.9 Å². The van der Waals surface area contributed by atoms with E-state index in [-0.39, 0.29) is 52.7 Å². The van der Waals surface area contributed by atoms with E-state index < -0.39 is 23.8 Å². The van der Waals surface area contributed by atoms with Crippen LogP contribution in [0.5, 0.6) is 5.75 Å². The summed E-state index contributed by atoms with van der Waals surface area (Å²) in [6.07, 6.45) is -2.66. The number of hydrogen-bond donors (Lipinski definition) is 1. The first-order chi connectivity index (χ1) is 15.6. The summed E-state index contributed by atoms with van der Waals surface area (Å²) in [5, 5.41) is 6.85. The highest BCUT2D eigenvalue weighted by molar-refractivity contribution is 9.10. The van der Waals surface area contributed by atoms with E-state index in [1.807, 2.05) is 0 Å². The molecule has 0 aliphatic carbocycles. The Labute approximate surface area is 192 Å². The number of piperazine rings is 1. The van der Waals surface area contributed by atoms with E-state index in [9.17, 15) is 27.2 Å². The van der Waals surface area contributed by atoms with Crippen LogP contribution in [-0.4, -0.2) is 57.5 Å². The Balaban J connectivity index is 1.81. The van der Waals surface area contributed by atoms with Crippen LogP contribution in [0.15, 0.2) is 47.2 Å². The molecule has 8 nitrogen and oxygen atoms in total. The molecule has 172 valence electrons. The van der Waals surface area contributed by atoms with Gasteiger partial charge in [0.05, 0.1) is 30.3 Å². The molecule has 1 aliphatic rings. The minimum absolute atomic E-state index is 0.0813. The van der Waals surface area contributed by atoms with Gasteiger partial charge < -0.3 is 15.0 Å². The molecule has 0 unspecified atom stereocenters. The number of nitrogens with one attached hydrogen (secondary N) is 1. The quantitative estimate of drug-likeness (QED) is 0.526. The average Bonchev–Trinajstić information content (AvgIpc) is 3.17. The molecule has 0 atom stereocenters. The van der Waals surface area contributed by atoms with Crippen LogP contribution in [0.25, 0.3) is 16.9 Å². The highest BCUT2D eigenvalue weighted by atomic mass is 79.9. The zero-order valence-corrected chi connectivity index (χ0v) is 18.2. The molecule has 3 aromatic rings. The SMILES string of the molecule is O=C1CN(C(=O)c2cc(-c3cc(Br)cc(OC(F)(F)F)c3)n(-c3cncc(F)c3)n2)CCN1. The van der Waals surface area contributed by atoms with Gasteiger partial charge in [0.1, 0.15) is 11.6 Å². The maximum Gasteiger partial charge on any atom is 0.573 e. The number of rotatable bonds is 4. The van der Waals surface area contributed by atoms with E-state index in [1.54, 1.807) is 0 Å². The zero-order valence-electron chi connectivity index (χ0n) is 16.6. The summed E-state index contributed by atoms with van der Waals surface area (Å²) in [6, 6.07) is 6.18. The Morgan fingerprint density at radius 3 is 2.64 bits per heavy atom. The van der Waals surface area contributed by atoms with Crippen molar-refractivity contribution in [3.05, 3.63) is 58.7 Å². The van der Waals surface area contributed by atoms with Crippen LogP contribution >= 0.6 is 15.9 Å². The van der Waals surface area contributed by atoms with Crippen molar-refractivity contribution in [2.24, 2.45) is 0 Å². The number of ether oxygens (including phenoxy) is 1. The summed E-state index contributed by atoms with van der Waals surface area (Å²) in [5.74, 6) is -2.07. The fourth-order valence-corrected chi connectivity index (χ4v) is 3.75. The molecule has 1 fully saturated rings. The Kier molecular flexibility index (Phi) is 6.06. The minimum Gasteiger partial charge on any atom is -0.406 e. The molecule has 13 heteroatoms. The van der Waals surface area contributed by atoms with Crippen LogP contribution in [0.4, 0.5) is 17.6 Å². The lowest BCUT2D eigenvalue weighted by atomic mass is 10.1. The first-order valence-corrected chi connectivity index (χ1v) is 10.2. The Morgan fingerprint density at radius 2 is 1.94 bits per heavy atom. The lowest BCUT2D eigenvalue weighted by molar-refractivity contribution is -0.274. The van der Waals surface area contributed by atoms with Crippen molar-refractivity contribution in [3.8, 4) is 22.7 Å². The van der Waals surface area contributed by atoms with Crippen molar-refractivity contribution >= 4 is 27.7 Å². The Hall–Kier alpha value is -3.48. The van der Waals surface area contributed by atoms with E-state index >= 15 is 0 Å². The van der Waals surface area contributed by atoms with Crippen molar-refractivity contribution < 1.29 is 31.9 Å². The standard InChI is InChI=1S/C20H14BrF4N5O3/c21-12-3-11(4-15(5-12)33-20(23,24)25)17-7-16(19(32)29-2-1-27-18(31)10-29)28-30(17)14-6-13(22)8-26-9-14/h3-9H,1-2,10H2,(H,27,31). The monoisotopic (exact) mass is 527 g/mol. The van der Waals surface area contributed by atoms with Gasteiger partial charge in [0, 0.05) is 29.2 Å². The second kappa shape index (κ2) is 8.81. The first kappa shape index (κ1) is 22.7. The normalized spacial score (nSPS) is 14.2. The van der Waals surface area contributed by atoms with Crippen LogP contribution in [0.1, 0.15) is 10.5 Å². The molecule has 0 saturated carbocycles. The van der Waals surface area contributed by atoms with E-state index in [4.69, 9.17) is 0 Å². The van der Waals surface area contributed by atoms with Gasteiger partial charge in [0.2, 0.25) is 5.91 Å². The van der Waals surface area contributed by atoms with Gasteiger partial charge in [-0.3, -0.25) is 14.6 Å². The molecule has 3 heterocycles. The third-order valence-electron chi connectivity index (χ3n) is 4.59. The molecule has 4 rings (SSSR count). The average molecular weight is 528 g/mol. The topological polar surface area (TPSA) is 89.4 Å². The lowest BCUT2D eigenvalue weighted by Crippen LogP contribution is -2.50. The number of nitrogens with zero attached hydrogens (tertiary/aromatic N) is 4. The van der Waals surface area contributed by atoms with Crippen LogP contribution in [0, 0.1) is 5.82 Å². The minimum atomic E-state index is -4.92. The lowest BCUT2D eigenvalue weighted by Gasteiger charge is -2.25. The smallest absolute Gasteiger partial charge is 0.406 e. The molecule has 0 spiro atoms. The summed E-state index contributed by atoms with van der Waals surface area (Å²) in [6.45, 7) is 0.369. The number of aromatic nitrogens is 3. The molecule has 2 aromatic heterocycles. The molecule has 1 N–H and O–H groups in total. The van der Waals surface area contributed by atoms with Crippen molar-refractivity contribution in [1.29, 1.82) is 0 Å². The van der Waals surface area contributed by atoms with Crippen molar-refractivity contribution in [1.82, 2.24) is 25.0 Å². The molecule has 2 amide bonds. The fraction of sp³-hybridized carbons (Fsp3) is 0.200. The molecular formula is C20H14BrF4N5O3. The molecule has 33 heavy (non-hydrogen) atoms. The van der Waals surface area contributed by atoms with Crippen molar-refractivity contribution in [3.63, 3.8) is 0 Å². The van der Waals surface area contributed by atoms with Crippen molar-refractivity contribution in [2.75, 3.05) is 19.6 Å². The summed E-state index contributed by atoms with van der Waals surface area (Å²) >= 11 is 3.15. The number of carbonyl (C=O) groups excluding carboxylic acids is 2. The Bertz CT molecular complexity index is 1230. The van der Waals surface area contributed by atoms with E-state index in [2.05, 4.69) is 36.1 Å². The van der Waals surface area contributed by atoms with Gasteiger partial charge in [-0.1, -0.05) is 15.9 Å². The maximum absolute atomic E-state index is 13.8. The van der Waals surface area contributed by atoms with Crippen LogP contribution in [0.3, 0.4) is 0 Å². The maximum atomic E-state index is 13.8. The fourth-order valence-electron chi connectivity index (χ4n) is 3.28. The number of amides is 2. The number of alkyl halides is 3. The molecule has 1 aromatic carbocycles. The summed E-state index contributed by atoms with van der Waals surface area (Å²) in [4.78, 5) is 29.7. The van der Waals surface area contributed by atoms with Gasteiger partial charge in [-0.05, 0) is 24.3 Å². The predicted octanol–water partition coefficient (Wildman–Crippen LogP) is 3.31. The van der Waals surface area contributed by atoms with Gasteiger partial charge in [0.25, 0.3) is 5.91 Å². The molecule has 0 bridgehead atoms. The van der Waals surface area contributed by atoms with Gasteiger partial charge in [-0.2, -0.15) is 5.10 Å².